The van der Waals surface area contributed by atoms with Crippen LogP contribution in [-0.2, 0) is 11.2 Å². The number of likely N-dealkylation sites (tertiary alicyclic amines) is 1. The molecule has 7 heteroatoms. The molecule has 2 atom stereocenters. The van der Waals surface area contributed by atoms with Gasteiger partial charge in [-0.1, -0.05) is 12.5 Å². The lowest BCUT2D eigenvalue weighted by atomic mass is 10.00. The number of carbonyl (C=O) groups excluding carboxylic acids is 1. The third-order valence-corrected chi connectivity index (χ3v) is 6.51. The maximum absolute atomic E-state index is 12.8. The molecule has 2 aromatic rings. The highest BCUT2D eigenvalue weighted by Crippen LogP contribution is 2.31. The van der Waals surface area contributed by atoms with Crippen LogP contribution in [-0.4, -0.2) is 62.9 Å². The van der Waals surface area contributed by atoms with Crippen LogP contribution in [0.4, 0.5) is 0 Å². The lowest BCUT2D eigenvalue weighted by Gasteiger charge is -2.36. The molecule has 2 heterocycles. The van der Waals surface area contributed by atoms with Gasteiger partial charge in [0.1, 0.15) is 24.7 Å². The second kappa shape index (κ2) is 12.0. The molecule has 1 N–H and O–H groups in total. The maximum Gasteiger partial charge on any atom is 0.223 e. The van der Waals surface area contributed by atoms with Crippen LogP contribution in [0.25, 0.3) is 0 Å². The van der Waals surface area contributed by atoms with Crippen LogP contribution < -0.4 is 24.3 Å². The monoisotopic (exact) mass is 468 g/mol. The van der Waals surface area contributed by atoms with Gasteiger partial charge in [-0.15, -0.1) is 0 Å². The second-order valence-electron chi connectivity index (χ2n) is 9.06. The van der Waals surface area contributed by atoms with Gasteiger partial charge in [-0.25, -0.2) is 0 Å². The zero-order valence-electron chi connectivity index (χ0n) is 20.3. The minimum Gasteiger partial charge on any atom is -0.497 e. The molecule has 1 fully saturated rings. The van der Waals surface area contributed by atoms with Gasteiger partial charge in [0.25, 0.3) is 0 Å². The molecular formula is C27H36N2O5. The van der Waals surface area contributed by atoms with E-state index in [2.05, 4.69) is 23.2 Å². The molecule has 1 amide bonds. The van der Waals surface area contributed by atoms with Gasteiger partial charge in [0.15, 0.2) is 11.5 Å². The number of benzene rings is 2. The Morgan fingerprint density at radius 3 is 2.62 bits per heavy atom. The molecular weight excluding hydrogens is 432 g/mol. The molecule has 2 aliphatic rings. The number of nitrogens with one attached hydrogen (secondary N) is 1. The van der Waals surface area contributed by atoms with Gasteiger partial charge in [-0.3, -0.25) is 9.69 Å². The van der Waals surface area contributed by atoms with Crippen molar-refractivity contribution in [1.82, 2.24) is 10.2 Å². The number of ether oxygens (including phenoxy) is 4. The Morgan fingerprint density at radius 1 is 1.09 bits per heavy atom. The van der Waals surface area contributed by atoms with Gasteiger partial charge in [0.05, 0.1) is 20.1 Å². The molecule has 1 saturated heterocycles. The van der Waals surface area contributed by atoms with Crippen molar-refractivity contribution in [2.75, 3.05) is 40.0 Å². The van der Waals surface area contributed by atoms with Crippen LogP contribution in [0, 0.1) is 0 Å². The highest BCUT2D eigenvalue weighted by molar-refractivity contribution is 5.76. The van der Waals surface area contributed by atoms with Gasteiger partial charge in [-0.2, -0.15) is 0 Å². The van der Waals surface area contributed by atoms with E-state index in [0.717, 1.165) is 48.1 Å². The Morgan fingerprint density at radius 2 is 1.85 bits per heavy atom. The van der Waals surface area contributed by atoms with Crippen molar-refractivity contribution < 1.29 is 23.7 Å². The first-order valence-electron chi connectivity index (χ1n) is 12.3. The fourth-order valence-electron chi connectivity index (χ4n) is 4.61. The minimum atomic E-state index is 0.000664. The predicted octanol–water partition coefficient (Wildman–Crippen LogP) is 3.84. The number of amides is 1. The molecule has 0 aromatic heterocycles. The molecule has 0 bridgehead atoms. The van der Waals surface area contributed by atoms with Crippen molar-refractivity contribution in [1.29, 1.82) is 0 Å². The average Bonchev–Trinajstić information content (AvgIpc) is 2.86. The van der Waals surface area contributed by atoms with E-state index >= 15 is 0 Å². The molecule has 4 rings (SSSR count). The van der Waals surface area contributed by atoms with Crippen LogP contribution in [0.15, 0.2) is 42.5 Å². The standard InChI is InChI=1S/C27H36N2O5/c1-20-5-3-4-13-29(20)19-22(17-21-6-11-25-26(18-21)34-16-15-33-25)28-27(30)12-14-32-24-9-7-23(31-2)8-10-24/h6-11,18,20,22H,3-5,12-17,19H2,1-2H3,(H,28,30). The Bertz CT molecular complexity index is 933. The molecule has 2 aromatic carbocycles. The van der Waals surface area contributed by atoms with E-state index in [1.807, 2.05) is 36.4 Å². The second-order valence-corrected chi connectivity index (χ2v) is 9.06. The van der Waals surface area contributed by atoms with Crippen LogP contribution >= 0.6 is 0 Å². The smallest absolute Gasteiger partial charge is 0.223 e. The fraction of sp³-hybridized carbons (Fsp3) is 0.519. The summed E-state index contributed by atoms with van der Waals surface area (Å²) < 4.78 is 22.3. The van der Waals surface area contributed by atoms with Gasteiger partial charge in [0, 0.05) is 18.6 Å². The van der Waals surface area contributed by atoms with Gasteiger partial charge in [0.2, 0.25) is 5.91 Å². The molecule has 7 nitrogen and oxygen atoms in total. The van der Waals surface area contributed by atoms with E-state index < -0.39 is 0 Å². The van der Waals surface area contributed by atoms with Crippen molar-refractivity contribution >= 4 is 5.91 Å². The van der Waals surface area contributed by atoms with Crippen molar-refractivity contribution in [2.45, 2.75) is 51.1 Å². The quantitative estimate of drug-likeness (QED) is 0.572. The molecule has 184 valence electrons. The lowest BCUT2D eigenvalue weighted by molar-refractivity contribution is -0.122. The molecule has 34 heavy (non-hydrogen) atoms. The predicted molar refractivity (Wildman–Crippen MR) is 131 cm³/mol. The summed E-state index contributed by atoms with van der Waals surface area (Å²) in [5.74, 6) is 3.08. The first-order chi connectivity index (χ1) is 16.6. The van der Waals surface area contributed by atoms with Crippen LogP contribution in [0.5, 0.6) is 23.0 Å². The number of carbonyl (C=O) groups is 1. The summed E-state index contributed by atoms with van der Waals surface area (Å²) in [7, 11) is 1.63. The van der Waals surface area contributed by atoms with Crippen molar-refractivity contribution in [3.63, 3.8) is 0 Å². The number of fused-ring (bicyclic) bond motifs is 1. The minimum absolute atomic E-state index is 0.000664. The summed E-state index contributed by atoms with van der Waals surface area (Å²) in [6.45, 7) is 5.67. The Labute approximate surface area is 202 Å². The molecule has 0 spiro atoms. The van der Waals surface area contributed by atoms with E-state index in [0.29, 0.717) is 32.3 Å². The first kappa shape index (κ1) is 24.2. The first-order valence-corrected chi connectivity index (χ1v) is 12.3. The third kappa shape index (κ3) is 6.79. The largest absolute Gasteiger partial charge is 0.497 e. The van der Waals surface area contributed by atoms with E-state index in [9.17, 15) is 4.79 Å². The highest BCUT2D eigenvalue weighted by Gasteiger charge is 2.24. The Hall–Kier alpha value is -2.93. The normalized spacial score (nSPS) is 18.7. The molecule has 0 aliphatic carbocycles. The SMILES string of the molecule is COc1ccc(OCCC(=O)NC(Cc2ccc3c(c2)OCCO3)CN2CCCCC2C)cc1. The summed E-state index contributed by atoms with van der Waals surface area (Å²) in [4.78, 5) is 15.3. The number of nitrogens with zero attached hydrogens (tertiary/aromatic N) is 1. The summed E-state index contributed by atoms with van der Waals surface area (Å²) >= 11 is 0. The lowest BCUT2D eigenvalue weighted by Crippen LogP contribution is -2.49. The average molecular weight is 469 g/mol. The number of rotatable bonds is 10. The summed E-state index contributed by atoms with van der Waals surface area (Å²) in [6.07, 6.45) is 4.74. The van der Waals surface area contributed by atoms with Gasteiger partial charge >= 0.3 is 0 Å². The van der Waals surface area contributed by atoms with Crippen LogP contribution in [0.2, 0.25) is 0 Å². The van der Waals surface area contributed by atoms with E-state index in [4.69, 9.17) is 18.9 Å². The van der Waals surface area contributed by atoms with Gasteiger partial charge < -0.3 is 24.3 Å². The number of piperidine rings is 1. The van der Waals surface area contributed by atoms with Crippen molar-refractivity contribution in [3.8, 4) is 23.0 Å². The highest BCUT2D eigenvalue weighted by atomic mass is 16.6. The Kier molecular flexibility index (Phi) is 8.52. The zero-order valence-corrected chi connectivity index (χ0v) is 20.3. The summed E-state index contributed by atoms with van der Waals surface area (Å²) in [5, 5.41) is 3.27. The van der Waals surface area contributed by atoms with Crippen LogP contribution in [0.1, 0.15) is 38.2 Å². The molecule has 0 saturated carbocycles. The fourth-order valence-corrected chi connectivity index (χ4v) is 4.61. The topological polar surface area (TPSA) is 69.3 Å². The molecule has 2 aliphatic heterocycles. The van der Waals surface area contributed by atoms with E-state index in [1.54, 1.807) is 7.11 Å². The number of methoxy groups -OCH3 is 1. The number of hydrogen-bond donors (Lipinski definition) is 1. The van der Waals surface area contributed by atoms with Crippen LogP contribution in [0.3, 0.4) is 0 Å². The van der Waals surface area contributed by atoms with E-state index in [1.165, 1.54) is 19.3 Å². The van der Waals surface area contributed by atoms with Crippen molar-refractivity contribution in [3.05, 3.63) is 48.0 Å². The molecule has 0 radical (unpaired) electrons. The summed E-state index contributed by atoms with van der Waals surface area (Å²) in [6, 6.07) is 14.0. The Balaban J connectivity index is 1.35. The van der Waals surface area contributed by atoms with Crippen molar-refractivity contribution in [2.24, 2.45) is 0 Å². The van der Waals surface area contributed by atoms with Gasteiger partial charge in [-0.05, 0) is 74.7 Å². The zero-order chi connectivity index (χ0) is 23.8. The number of hydrogen-bond acceptors (Lipinski definition) is 6. The maximum atomic E-state index is 12.8. The molecule has 2 unspecified atom stereocenters. The third-order valence-electron chi connectivity index (χ3n) is 6.51. The summed E-state index contributed by atoms with van der Waals surface area (Å²) in [5.41, 5.74) is 1.13. The van der Waals surface area contributed by atoms with E-state index in [-0.39, 0.29) is 11.9 Å².